The molecular formula is C8H11O5P2S+. The summed E-state index contributed by atoms with van der Waals surface area (Å²) in [5, 5.41) is 0. The molecule has 16 heavy (non-hydrogen) atoms. The standard InChI is InChI=1S/C8H10O5P2S/c9-14(6-15(10,11)12)13-8(16)7-4-2-1-3-5-7/h1-5,8H,6H2,(H2-,10,11,12,16)/p+1. The van der Waals surface area contributed by atoms with Crippen LogP contribution in [0.25, 0.3) is 0 Å². The third kappa shape index (κ3) is 5.21. The molecule has 2 atom stereocenters. The Kier molecular flexibility index (Phi) is 5.12. The van der Waals surface area contributed by atoms with Crippen LogP contribution in [0.1, 0.15) is 11.0 Å². The minimum atomic E-state index is -4.31. The fourth-order valence-corrected chi connectivity index (χ4v) is 3.28. The van der Waals surface area contributed by atoms with E-state index in [0.717, 1.165) is 0 Å². The van der Waals surface area contributed by atoms with Gasteiger partial charge in [0.25, 0.3) is 5.90 Å². The van der Waals surface area contributed by atoms with Crippen LogP contribution in [0.5, 0.6) is 0 Å². The molecule has 0 amide bonds. The first-order valence-electron chi connectivity index (χ1n) is 4.27. The van der Waals surface area contributed by atoms with Gasteiger partial charge in [0, 0.05) is 0 Å². The Morgan fingerprint density at radius 2 is 1.94 bits per heavy atom. The van der Waals surface area contributed by atoms with Gasteiger partial charge in [0.15, 0.2) is 5.44 Å². The molecule has 0 aliphatic rings. The van der Waals surface area contributed by atoms with Crippen molar-refractivity contribution in [2.24, 2.45) is 0 Å². The third-order valence-corrected chi connectivity index (χ3v) is 5.02. The first-order chi connectivity index (χ1) is 7.38. The number of hydrogen-bond donors (Lipinski definition) is 3. The molecule has 0 aliphatic heterocycles. The van der Waals surface area contributed by atoms with Gasteiger partial charge >= 0.3 is 15.6 Å². The van der Waals surface area contributed by atoms with E-state index in [1.807, 2.05) is 0 Å². The molecule has 1 rings (SSSR count). The molecule has 0 saturated carbocycles. The van der Waals surface area contributed by atoms with E-state index < -0.39 is 27.0 Å². The zero-order valence-electron chi connectivity index (χ0n) is 8.13. The monoisotopic (exact) mass is 281 g/mol. The quantitative estimate of drug-likeness (QED) is 0.439. The minimum Gasteiger partial charge on any atom is -0.321 e. The van der Waals surface area contributed by atoms with Gasteiger partial charge in [0.1, 0.15) is 0 Å². The number of hydrogen-bond acceptors (Lipinski definition) is 4. The molecule has 2 N–H and O–H groups in total. The van der Waals surface area contributed by atoms with E-state index in [9.17, 15) is 9.13 Å². The molecule has 0 saturated heterocycles. The zero-order chi connectivity index (χ0) is 12.2. The van der Waals surface area contributed by atoms with Crippen molar-refractivity contribution in [1.29, 1.82) is 0 Å². The van der Waals surface area contributed by atoms with Gasteiger partial charge in [-0.05, 0) is 10.1 Å². The molecular weight excluding hydrogens is 270 g/mol. The van der Waals surface area contributed by atoms with Crippen molar-refractivity contribution in [3.05, 3.63) is 35.9 Å². The second kappa shape index (κ2) is 5.92. The molecule has 0 aliphatic carbocycles. The SMILES string of the molecule is O=[P+](CP(=O)(O)O)OC(S)c1ccccc1. The Morgan fingerprint density at radius 3 is 2.44 bits per heavy atom. The predicted molar refractivity (Wildman–Crippen MR) is 63.8 cm³/mol. The highest BCUT2D eigenvalue weighted by molar-refractivity contribution is 7.80. The molecule has 1 aromatic carbocycles. The maximum Gasteiger partial charge on any atom is 0.522 e. The molecule has 0 fully saturated rings. The topological polar surface area (TPSA) is 83.8 Å². The van der Waals surface area contributed by atoms with E-state index >= 15 is 0 Å². The maximum atomic E-state index is 11.2. The maximum absolute atomic E-state index is 11.2. The average molecular weight is 281 g/mol. The lowest BCUT2D eigenvalue weighted by Gasteiger charge is -2.03. The van der Waals surface area contributed by atoms with E-state index in [-0.39, 0.29) is 0 Å². The van der Waals surface area contributed by atoms with Crippen molar-refractivity contribution in [2.45, 2.75) is 5.44 Å². The van der Waals surface area contributed by atoms with E-state index in [1.54, 1.807) is 30.3 Å². The lowest BCUT2D eigenvalue weighted by Crippen LogP contribution is -1.93. The first-order valence-corrected chi connectivity index (χ1v) is 7.95. The van der Waals surface area contributed by atoms with Gasteiger partial charge < -0.3 is 9.79 Å². The van der Waals surface area contributed by atoms with Crippen LogP contribution < -0.4 is 0 Å². The average Bonchev–Trinajstić information content (AvgIpc) is 2.16. The number of benzene rings is 1. The van der Waals surface area contributed by atoms with Crippen molar-refractivity contribution in [3.8, 4) is 0 Å². The molecule has 8 heteroatoms. The van der Waals surface area contributed by atoms with Crippen molar-refractivity contribution < 1.29 is 23.4 Å². The van der Waals surface area contributed by atoms with Crippen LogP contribution in [0.4, 0.5) is 0 Å². The van der Waals surface area contributed by atoms with Crippen molar-refractivity contribution in [3.63, 3.8) is 0 Å². The summed E-state index contributed by atoms with van der Waals surface area (Å²) < 4.78 is 26.7. The van der Waals surface area contributed by atoms with Crippen LogP contribution in [0.2, 0.25) is 0 Å². The van der Waals surface area contributed by atoms with Gasteiger partial charge in [-0.15, -0.1) is 17.2 Å². The summed E-state index contributed by atoms with van der Waals surface area (Å²) in [6.45, 7) is 0. The largest absolute Gasteiger partial charge is 0.522 e. The second-order valence-corrected chi connectivity index (χ2v) is 6.81. The number of thiol groups is 1. The Labute approximate surface area is 99.3 Å². The molecule has 2 unspecified atom stereocenters. The normalized spacial score (nSPS) is 14.6. The molecule has 5 nitrogen and oxygen atoms in total. The summed E-state index contributed by atoms with van der Waals surface area (Å²) in [6, 6.07) is 8.77. The van der Waals surface area contributed by atoms with Gasteiger partial charge in [-0.2, -0.15) is 0 Å². The molecule has 0 bridgehead atoms. The highest BCUT2D eigenvalue weighted by atomic mass is 32.1. The second-order valence-electron chi connectivity index (χ2n) is 3.01. The third-order valence-electron chi connectivity index (χ3n) is 1.60. The Bertz CT molecular complexity index is 404. The summed E-state index contributed by atoms with van der Waals surface area (Å²) in [5.41, 5.74) is -0.0729. The lowest BCUT2D eigenvalue weighted by molar-refractivity contribution is 0.309. The first kappa shape index (κ1) is 13.8. The van der Waals surface area contributed by atoms with Crippen LogP contribution in [0.15, 0.2) is 30.3 Å². The van der Waals surface area contributed by atoms with Crippen LogP contribution in [0.3, 0.4) is 0 Å². The van der Waals surface area contributed by atoms with Crippen LogP contribution in [-0.2, 0) is 13.7 Å². The number of rotatable bonds is 5. The van der Waals surface area contributed by atoms with E-state index in [0.29, 0.717) is 5.56 Å². The molecule has 0 heterocycles. The summed E-state index contributed by atoms with van der Waals surface area (Å²) in [7, 11) is -6.73. The fraction of sp³-hybridized carbons (Fsp3) is 0.250. The van der Waals surface area contributed by atoms with Gasteiger partial charge in [-0.1, -0.05) is 30.3 Å². The molecule has 88 valence electrons. The van der Waals surface area contributed by atoms with E-state index in [1.165, 1.54) is 0 Å². The Morgan fingerprint density at radius 1 is 1.38 bits per heavy atom. The van der Waals surface area contributed by atoms with Crippen molar-refractivity contribution in [1.82, 2.24) is 0 Å². The van der Waals surface area contributed by atoms with Crippen molar-refractivity contribution >= 4 is 28.3 Å². The van der Waals surface area contributed by atoms with Gasteiger partial charge in [0.2, 0.25) is 0 Å². The molecule has 0 aromatic heterocycles. The highest BCUT2D eigenvalue weighted by Crippen LogP contribution is 2.47. The predicted octanol–water partition coefficient (Wildman–Crippen LogP) is 2.51. The summed E-state index contributed by atoms with van der Waals surface area (Å²) >= 11 is 4.05. The Hall–Kier alpha value is -0.220. The molecule has 0 radical (unpaired) electrons. The smallest absolute Gasteiger partial charge is 0.321 e. The van der Waals surface area contributed by atoms with E-state index in [4.69, 9.17) is 14.3 Å². The summed E-state index contributed by atoms with van der Waals surface area (Å²) in [4.78, 5) is 17.2. The van der Waals surface area contributed by atoms with Gasteiger partial charge in [-0.25, -0.2) is 0 Å². The van der Waals surface area contributed by atoms with Crippen LogP contribution in [-0.4, -0.2) is 15.7 Å². The Balaban J connectivity index is 2.56. The minimum absolute atomic E-state index is 0.680. The van der Waals surface area contributed by atoms with Crippen LogP contribution in [0, 0.1) is 0 Å². The summed E-state index contributed by atoms with van der Waals surface area (Å²) in [6.07, 6.45) is 0. The van der Waals surface area contributed by atoms with Gasteiger partial charge in [-0.3, -0.25) is 4.57 Å². The molecule has 0 spiro atoms. The fourth-order valence-electron chi connectivity index (χ4n) is 0.974. The van der Waals surface area contributed by atoms with E-state index in [2.05, 4.69) is 12.6 Å². The lowest BCUT2D eigenvalue weighted by atomic mass is 10.2. The zero-order valence-corrected chi connectivity index (χ0v) is 10.8. The highest BCUT2D eigenvalue weighted by Gasteiger charge is 2.33. The molecule has 1 aromatic rings. The van der Waals surface area contributed by atoms with Gasteiger partial charge in [0.05, 0.1) is 0 Å². The van der Waals surface area contributed by atoms with Crippen LogP contribution >= 0.6 is 28.3 Å². The van der Waals surface area contributed by atoms with Crippen molar-refractivity contribution in [2.75, 3.05) is 5.90 Å². The summed E-state index contributed by atoms with van der Waals surface area (Å²) in [5.74, 6) is -0.785.